The summed E-state index contributed by atoms with van der Waals surface area (Å²) in [7, 11) is 0. The summed E-state index contributed by atoms with van der Waals surface area (Å²) >= 11 is 2.09. The quantitative estimate of drug-likeness (QED) is 0.694. The lowest BCUT2D eigenvalue weighted by Gasteiger charge is -2.18. The first-order valence-corrected chi connectivity index (χ1v) is 6.18. The number of rotatable bonds is 4. The second kappa shape index (κ2) is 6.34. The van der Waals surface area contributed by atoms with Crippen molar-refractivity contribution >= 4 is 11.8 Å². The lowest BCUT2D eigenvalue weighted by molar-refractivity contribution is 0.570. The summed E-state index contributed by atoms with van der Waals surface area (Å²) in [5.41, 5.74) is 0. The third kappa shape index (κ3) is 3.62. The molecule has 1 N–H and O–H groups in total. The fourth-order valence-electron chi connectivity index (χ4n) is 1.84. The third-order valence-corrected chi connectivity index (χ3v) is 3.79. The van der Waals surface area contributed by atoms with E-state index in [4.69, 9.17) is 0 Å². The summed E-state index contributed by atoms with van der Waals surface area (Å²) in [6.07, 6.45) is 4.10. The Kier molecular flexibility index (Phi) is 5.34. The molecule has 2 atom stereocenters. The summed E-state index contributed by atoms with van der Waals surface area (Å²) < 4.78 is 0. The van der Waals surface area contributed by atoms with Gasteiger partial charge in [-0.25, -0.2) is 0 Å². The highest BCUT2D eigenvalue weighted by molar-refractivity contribution is 7.99. The van der Waals surface area contributed by atoms with E-state index < -0.39 is 0 Å². The fourth-order valence-corrected chi connectivity index (χ4v) is 3.07. The predicted molar refractivity (Wildman–Crippen MR) is 61.0 cm³/mol. The van der Waals surface area contributed by atoms with E-state index in [2.05, 4.69) is 35.8 Å². The molecule has 0 aromatic carbocycles. The number of hydrogen-bond acceptors (Lipinski definition) is 2. The van der Waals surface area contributed by atoms with E-state index in [0.29, 0.717) is 6.04 Å². The van der Waals surface area contributed by atoms with Crippen molar-refractivity contribution in [2.24, 2.45) is 0 Å². The van der Waals surface area contributed by atoms with Gasteiger partial charge in [0.05, 0.1) is 6.54 Å². The molecule has 0 aromatic rings. The average Bonchev–Trinajstić information content (AvgIpc) is 2.54. The first-order chi connectivity index (χ1) is 6.38. The second-order valence-electron chi connectivity index (χ2n) is 3.34. The molecule has 1 fully saturated rings. The summed E-state index contributed by atoms with van der Waals surface area (Å²) in [5, 5.41) is 4.36. The van der Waals surface area contributed by atoms with Crippen molar-refractivity contribution < 1.29 is 0 Å². The van der Waals surface area contributed by atoms with Gasteiger partial charge < -0.3 is 5.32 Å². The van der Waals surface area contributed by atoms with Gasteiger partial charge in [0, 0.05) is 11.3 Å². The number of hydrogen-bond donors (Lipinski definition) is 1. The van der Waals surface area contributed by atoms with Crippen LogP contribution in [0, 0.1) is 11.8 Å². The van der Waals surface area contributed by atoms with Crippen LogP contribution in [-0.2, 0) is 0 Å². The number of thioether (sulfide) groups is 1. The summed E-state index contributed by atoms with van der Waals surface area (Å²) in [4.78, 5) is 0. The Morgan fingerprint density at radius 1 is 1.46 bits per heavy atom. The smallest absolute Gasteiger partial charge is 0.0578 e. The number of nitrogens with one attached hydrogen (secondary N) is 1. The van der Waals surface area contributed by atoms with Crippen LogP contribution >= 0.6 is 11.8 Å². The minimum Gasteiger partial charge on any atom is -0.302 e. The average molecular weight is 197 g/mol. The normalized spacial score (nSPS) is 26.9. The summed E-state index contributed by atoms with van der Waals surface area (Å²) in [5.74, 6) is 7.23. The molecule has 1 rings (SSSR count). The van der Waals surface area contributed by atoms with Crippen LogP contribution < -0.4 is 5.32 Å². The van der Waals surface area contributed by atoms with Gasteiger partial charge in [-0.3, -0.25) is 0 Å². The topological polar surface area (TPSA) is 12.0 Å². The molecule has 0 radical (unpaired) electrons. The molecule has 0 heterocycles. The molecule has 0 saturated heterocycles. The Hall–Kier alpha value is -0.130. The van der Waals surface area contributed by atoms with Crippen molar-refractivity contribution in [2.45, 2.75) is 44.4 Å². The zero-order valence-electron chi connectivity index (χ0n) is 8.60. The van der Waals surface area contributed by atoms with Crippen molar-refractivity contribution in [3.63, 3.8) is 0 Å². The van der Waals surface area contributed by atoms with Crippen molar-refractivity contribution in [1.29, 1.82) is 0 Å². The molecule has 0 bridgehead atoms. The Morgan fingerprint density at radius 3 is 3.00 bits per heavy atom. The summed E-state index contributed by atoms with van der Waals surface area (Å²) in [6.45, 7) is 5.00. The maximum absolute atomic E-state index is 3.52. The minimum atomic E-state index is 0.714. The predicted octanol–water partition coefficient (Wildman–Crippen LogP) is 2.27. The van der Waals surface area contributed by atoms with Crippen LogP contribution in [0.2, 0.25) is 0 Å². The molecule has 0 aliphatic heterocycles. The van der Waals surface area contributed by atoms with E-state index in [9.17, 15) is 0 Å². The van der Waals surface area contributed by atoms with Crippen LogP contribution in [0.4, 0.5) is 0 Å². The van der Waals surface area contributed by atoms with E-state index >= 15 is 0 Å². The zero-order chi connectivity index (χ0) is 9.52. The van der Waals surface area contributed by atoms with Gasteiger partial charge in [0.15, 0.2) is 0 Å². The molecule has 0 aromatic heterocycles. The third-order valence-electron chi connectivity index (χ3n) is 2.46. The van der Waals surface area contributed by atoms with Crippen molar-refractivity contribution in [1.82, 2.24) is 5.32 Å². The molecule has 1 saturated carbocycles. The van der Waals surface area contributed by atoms with Crippen molar-refractivity contribution in [2.75, 3.05) is 12.3 Å². The maximum Gasteiger partial charge on any atom is 0.0578 e. The second-order valence-corrected chi connectivity index (χ2v) is 4.86. The maximum atomic E-state index is 3.52. The van der Waals surface area contributed by atoms with Gasteiger partial charge >= 0.3 is 0 Å². The van der Waals surface area contributed by atoms with E-state index in [1.807, 2.05) is 6.92 Å². The highest BCUT2D eigenvalue weighted by Gasteiger charge is 2.25. The SMILES string of the molecule is CC#CCNC1CCCC1SCC. The standard InChI is InChI=1S/C11H19NS/c1-3-5-9-12-10-7-6-8-11(10)13-4-2/h10-12H,4,6-9H2,1-2H3. The van der Waals surface area contributed by atoms with E-state index in [1.165, 1.54) is 25.0 Å². The molecule has 74 valence electrons. The molecule has 1 nitrogen and oxygen atoms in total. The molecule has 0 amide bonds. The molecule has 13 heavy (non-hydrogen) atoms. The Balaban J connectivity index is 2.25. The van der Waals surface area contributed by atoms with Gasteiger partial charge in [0.1, 0.15) is 0 Å². The molecule has 0 spiro atoms. The van der Waals surface area contributed by atoms with Crippen LogP contribution in [0.5, 0.6) is 0 Å². The monoisotopic (exact) mass is 197 g/mol. The highest BCUT2D eigenvalue weighted by atomic mass is 32.2. The van der Waals surface area contributed by atoms with E-state index in [0.717, 1.165) is 11.8 Å². The van der Waals surface area contributed by atoms with Gasteiger partial charge in [-0.15, -0.1) is 5.92 Å². The van der Waals surface area contributed by atoms with Crippen LogP contribution in [0.3, 0.4) is 0 Å². The highest BCUT2D eigenvalue weighted by Crippen LogP contribution is 2.29. The Labute approximate surface area is 86.1 Å². The fraction of sp³-hybridized carbons (Fsp3) is 0.818. The first-order valence-electron chi connectivity index (χ1n) is 5.13. The molecule has 2 heteroatoms. The molecule has 2 unspecified atom stereocenters. The Bertz CT molecular complexity index is 192. The molecular weight excluding hydrogens is 178 g/mol. The molecular formula is C11H19NS. The van der Waals surface area contributed by atoms with Crippen molar-refractivity contribution in [3.05, 3.63) is 0 Å². The van der Waals surface area contributed by atoms with Gasteiger partial charge in [-0.1, -0.05) is 19.3 Å². The molecule has 1 aliphatic carbocycles. The van der Waals surface area contributed by atoms with Crippen LogP contribution in [0.15, 0.2) is 0 Å². The van der Waals surface area contributed by atoms with Gasteiger partial charge in [0.25, 0.3) is 0 Å². The largest absolute Gasteiger partial charge is 0.302 e. The lowest BCUT2D eigenvalue weighted by Crippen LogP contribution is -2.34. The van der Waals surface area contributed by atoms with Gasteiger partial charge in [-0.2, -0.15) is 11.8 Å². The van der Waals surface area contributed by atoms with Crippen molar-refractivity contribution in [3.8, 4) is 11.8 Å². The lowest BCUT2D eigenvalue weighted by atomic mass is 10.2. The zero-order valence-corrected chi connectivity index (χ0v) is 9.41. The van der Waals surface area contributed by atoms with Gasteiger partial charge in [-0.05, 0) is 25.5 Å². The minimum absolute atomic E-state index is 0.714. The van der Waals surface area contributed by atoms with Crippen LogP contribution in [-0.4, -0.2) is 23.6 Å². The van der Waals surface area contributed by atoms with Gasteiger partial charge in [0.2, 0.25) is 0 Å². The van der Waals surface area contributed by atoms with Crippen LogP contribution in [0.25, 0.3) is 0 Å². The summed E-state index contributed by atoms with van der Waals surface area (Å²) in [6, 6.07) is 0.714. The van der Waals surface area contributed by atoms with E-state index in [-0.39, 0.29) is 0 Å². The first kappa shape index (κ1) is 10.9. The Morgan fingerprint density at radius 2 is 2.31 bits per heavy atom. The van der Waals surface area contributed by atoms with Crippen LogP contribution in [0.1, 0.15) is 33.1 Å². The molecule has 1 aliphatic rings. The van der Waals surface area contributed by atoms with E-state index in [1.54, 1.807) is 0 Å².